The van der Waals surface area contributed by atoms with Gasteiger partial charge in [0.2, 0.25) is 5.91 Å². The first-order chi connectivity index (χ1) is 8.20. The lowest BCUT2D eigenvalue weighted by molar-refractivity contribution is -0.115. The number of carbonyl (C=O) groups excluding carboxylic acids is 1. The fourth-order valence-corrected chi connectivity index (χ4v) is 1.41. The molecule has 1 heterocycles. The van der Waals surface area contributed by atoms with Crippen molar-refractivity contribution in [1.82, 2.24) is 20.2 Å². The fourth-order valence-electron chi connectivity index (χ4n) is 1.41. The van der Waals surface area contributed by atoms with Crippen LogP contribution in [0, 0.1) is 6.92 Å². The van der Waals surface area contributed by atoms with E-state index in [1.807, 2.05) is 32.0 Å². The van der Waals surface area contributed by atoms with Gasteiger partial charge in [-0.1, -0.05) is 13.0 Å². The van der Waals surface area contributed by atoms with Crippen molar-refractivity contribution >= 4 is 11.6 Å². The van der Waals surface area contributed by atoms with E-state index >= 15 is 0 Å². The monoisotopic (exact) mass is 231 g/mol. The largest absolute Gasteiger partial charge is 0.326 e. The summed E-state index contributed by atoms with van der Waals surface area (Å²) in [6, 6.07) is 5.66. The summed E-state index contributed by atoms with van der Waals surface area (Å²) in [5.74, 6) is -0.0121. The summed E-state index contributed by atoms with van der Waals surface area (Å²) in [4.78, 5) is 11.4. The van der Waals surface area contributed by atoms with Crippen molar-refractivity contribution in [1.29, 1.82) is 0 Å². The van der Waals surface area contributed by atoms with Gasteiger partial charge in [0.1, 0.15) is 6.33 Å². The maximum absolute atomic E-state index is 11.4. The van der Waals surface area contributed by atoms with Crippen LogP contribution in [0.25, 0.3) is 5.69 Å². The van der Waals surface area contributed by atoms with Gasteiger partial charge in [-0.3, -0.25) is 4.79 Å². The van der Waals surface area contributed by atoms with Crippen LogP contribution in [-0.4, -0.2) is 26.1 Å². The van der Waals surface area contributed by atoms with Gasteiger partial charge in [-0.05, 0) is 35.0 Å². The van der Waals surface area contributed by atoms with Gasteiger partial charge < -0.3 is 5.32 Å². The average molecular weight is 231 g/mol. The Morgan fingerprint density at radius 2 is 2.29 bits per heavy atom. The molecule has 0 spiro atoms. The van der Waals surface area contributed by atoms with E-state index in [2.05, 4.69) is 20.8 Å². The van der Waals surface area contributed by atoms with E-state index in [4.69, 9.17) is 0 Å². The Hall–Kier alpha value is -2.24. The third kappa shape index (κ3) is 2.47. The SMILES string of the molecule is CCC(=O)Nc1cc(-n2cnnn2)ccc1C. The van der Waals surface area contributed by atoms with E-state index in [1.54, 1.807) is 4.68 Å². The molecule has 1 N–H and O–H groups in total. The summed E-state index contributed by atoms with van der Waals surface area (Å²) in [7, 11) is 0. The van der Waals surface area contributed by atoms with Gasteiger partial charge in [0.15, 0.2) is 0 Å². The Balaban J connectivity index is 2.33. The van der Waals surface area contributed by atoms with E-state index < -0.39 is 0 Å². The zero-order chi connectivity index (χ0) is 12.3. The molecule has 0 unspecified atom stereocenters. The third-order valence-corrected chi connectivity index (χ3v) is 2.43. The van der Waals surface area contributed by atoms with Crippen molar-refractivity contribution in [2.24, 2.45) is 0 Å². The van der Waals surface area contributed by atoms with Crippen LogP contribution in [-0.2, 0) is 4.79 Å². The van der Waals surface area contributed by atoms with Crippen LogP contribution < -0.4 is 5.32 Å². The van der Waals surface area contributed by atoms with Gasteiger partial charge in [0.25, 0.3) is 0 Å². The Kier molecular flexibility index (Phi) is 3.13. The summed E-state index contributed by atoms with van der Waals surface area (Å²) in [6.07, 6.45) is 1.96. The summed E-state index contributed by atoms with van der Waals surface area (Å²) in [6.45, 7) is 3.75. The van der Waals surface area contributed by atoms with E-state index in [0.717, 1.165) is 16.9 Å². The van der Waals surface area contributed by atoms with Crippen molar-refractivity contribution in [3.8, 4) is 5.69 Å². The van der Waals surface area contributed by atoms with Crippen LogP contribution in [0.2, 0.25) is 0 Å². The highest BCUT2D eigenvalue weighted by Crippen LogP contribution is 2.18. The summed E-state index contributed by atoms with van der Waals surface area (Å²) in [5, 5.41) is 13.8. The molecule has 1 aromatic carbocycles. The quantitative estimate of drug-likeness (QED) is 0.864. The van der Waals surface area contributed by atoms with Crippen LogP contribution in [0.1, 0.15) is 18.9 Å². The fraction of sp³-hybridized carbons (Fsp3) is 0.273. The number of hydrogen-bond acceptors (Lipinski definition) is 4. The molecule has 0 saturated carbocycles. The Morgan fingerprint density at radius 1 is 1.47 bits per heavy atom. The van der Waals surface area contributed by atoms with Crippen molar-refractivity contribution in [2.45, 2.75) is 20.3 Å². The molecular weight excluding hydrogens is 218 g/mol. The van der Waals surface area contributed by atoms with Crippen LogP contribution >= 0.6 is 0 Å². The van der Waals surface area contributed by atoms with Crippen LogP contribution in [0.15, 0.2) is 24.5 Å². The number of tetrazole rings is 1. The lowest BCUT2D eigenvalue weighted by Gasteiger charge is -2.09. The number of aryl methyl sites for hydroxylation is 1. The van der Waals surface area contributed by atoms with E-state index in [-0.39, 0.29) is 5.91 Å². The molecule has 0 fully saturated rings. The van der Waals surface area contributed by atoms with Crippen molar-refractivity contribution in [3.05, 3.63) is 30.1 Å². The van der Waals surface area contributed by atoms with Gasteiger partial charge in [-0.15, -0.1) is 5.10 Å². The molecule has 0 aliphatic heterocycles. The topological polar surface area (TPSA) is 72.7 Å². The van der Waals surface area contributed by atoms with Gasteiger partial charge in [0, 0.05) is 12.1 Å². The first kappa shape index (κ1) is 11.3. The normalized spacial score (nSPS) is 10.2. The molecule has 0 atom stereocenters. The Bertz CT molecular complexity index is 521. The highest BCUT2D eigenvalue weighted by atomic mass is 16.1. The second kappa shape index (κ2) is 4.73. The molecule has 6 nitrogen and oxygen atoms in total. The van der Waals surface area contributed by atoms with Crippen molar-refractivity contribution in [3.63, 3.8) is 0 Å². The van der Waals surface area contributed by atoms with Crippen LogP contribution in [0.3, 0.4) is 0 Å². The average Bonchev–Trinajstić information content (AvgIpc) is 2.85. The number of anilines is 1. The van der Waals surface area contributed by atoms with Gasteiger partial charge in [-0.25, -0.2) is 4.68 Å². The Morgan fingerprint density at radius 3 is 2.94 bits per heavy atom. The molecule has 0 aliphatic rings. The molecule has 6 heteroatoms. The van der Waals surface area contributed by atoms with Gasteiger partial charge >= 0.3 is 0 Å². The number of benzene rings is 1. The second-order valence-corrected chi connectivity index (χ2v) is 3.66. The molecular formula is C11H13N5O. The minimum absolute atomic E-state index is 0.0121. The predicted molar refractivity (Wildman–Crippen MR) is 62.8 cm³/mol. The lowest BCUT2D eigenvalue weighted by atomic mass is 10.1. The summed E-state index contributed by atoms with van der Waals surface area (Å²) < 4.78 is 1.54. The molecule has 2 aromatic rings. The third-order valence-electron chi connectivity index (χ3n) is 2.43. The first-order valence-corrected chi connectivity index (χ1v) is 5.34. The second-order valence-electron chi connectivity index (χ2n) is 3.66. The predicted octanol–water partition coefficient (Wildman–Crippen LogP) is 1.32. The number of aromatic nitrogens is 4. The van der Waals surface area contributed by atoms with Crippen LogP contribution in [0.4, 0.5) is 5.69 Å². The number of rotatable bonds is 3. The smallest absolute Gasteiger partial charge is 0.224 e. The van der Waals surface area contributed by atoms with Crippen molar-refractivity contribution < 1.29 is 4.79 Å². The molecule has 17 heavy (non-hydrogen) atoms. The molecule has 88 valence electrons. The highest BCUT2D eigenvalue weighted by Gasteiger charge is 2.05. The zero-order valence-corrected chi connectivity index (χ0v) is 9.71. The van der Waals surface area contributed by atoms with Gasteiger partial charge in [-0.2, -0.15) is 0 Å². The number of nitrogens with zero attached hydrogens (tertiary/aromatic N) is 4. The minimum atomic E-state index is -0.0121. The Labute approximate surface area is 98.6 Å². The highest BCUT2D eigenvalue weighted by molar-refractivity contribution is 5.91. The summed E-state index contributed by atoms with van der Waals surface area (Å²) >= 11 is 0. The van der Waals surface area contributed by atoms with E-state index in [9.17, 15) is 4.79 Å². The standard InChI is InChI=1S/C11H13N5O/c1-3-11(17)13-10-6-9(5-4-8(10)2)16-7-12-14-15-16/h4-7H,3H2,1-2H3,(H,13,17). The summed E-state index contributed by atoms with van der Waals surface area (Å²) in [5.41, 5.74) is 2.60. The van der Waals surface area contributed by atoms with Crippen molar-refractivity contribution in [2.75, 3.05) is 5.32 Å². The first-order valence-electron chi connectivity index (χ1n) is 5.34. The number of hydrogen-bond donors (Lipinski definition) is 1. The minimum Gasteiger partial charge on any atom is -0.326 e. The maximum Gasteiger partial charge on any atom is 0.224 e. The molecule has 0 saturated heterocycles. The molecule has 1 amide bonds. The van der Waals surface area contributed by atoms with Crippen LogP contribution in [0.5, 0.6) is 0 Å². The number of carbonyl (C=O) groups is 1. The number of amides is 1. The van der Waals surface area contributed by atoms with E-state index in [0.29, 0.717) is 6.42 Å². The molecule has 1 aromatic heterocycles. The number of nitrogens with one attached hydrogen (secondary N) is 1. The molecule has 0 radical (unpaired) electrons. The molecule has 0 aliphatic carbocycles. The zero-order valence-electron chi connectivity index (χ0n) is 9.71. The van der Waals surface area contributed by atoms with Gasteiger partial charge in [0.05, 0.1) is 5.69 Å². The lowest BCUT2D eigenvalue weighted by Crippen LogP contribution is -2.11. The molecule has 0 bridgehead atoms. The molecule has 2 rings (SSSR count). The maximum atomic E-state index is 11.4. The van der Waals surface area contributed by atoms with E-state index in [1.165, 1.54) is 6.33 Å².